The lowest BCUT2D eigenvalue weighted by atomic mass is 10.2. The van der Waals surface area contributed by atoms with Gasteiger partial charge in [-0.1, -0.05) is 6.92 Å². The quantitative estimate of drug-likeness (QED) is 0.886. The molecule has 0 saturated heterocycles. The Kier molecular flexibility index (Phi) is 3.88. The number of hydrogen-bond donors (Lipinski definition) is 2. The number of carbonyl (C=O) groups is 1. The summed E-state index contributed by atoms with van der Waals surface area (Å²) < 4.78 is 0. The van der Waals surface area contributed by atoms with Crippen LogP contribution in [-0.2, 0) is 0 Å². The number of aromatic hydroxyl groups is 1. The van der Waals surface area contributed by atoms with Crippen LogP contribution < -0.4 is 5.32 Å². The maximum Gasteiger partial charge on any atom is 0.274 e. The second-order valence-electron chi connectivity index (χ2n) is 3.68. The molecule has 1 atom stereocenters. The first-order valence-electron chi connectivity index (χ1n) is 5.56. The normalized spacial score (nSPS) is 12.1. The number of carbonyl (C=O) groups excluding carboxylic acids is 1. The minimum atomic E-state index is -0.393. The number of pyridine rings is 1. The molecule has 18 heavy (non-hydrogen) atoms. The van der Waals surface area contributed by atoms with Crippen LogP contribution in [0.4, 0.5) is 0 Å². The molecule has 2 rings (SSSR count). The molecule has 0 bridgehead atoms. The second-order valence-corrected chi connectivity index (χ2v) is 4.60. The van der Waals surface area contributed by atoms with Gasteiger partial charge in [0.15, 0.2) is 5.69 Å². The molecule has 0 saturated carbocycles. The lowest BCUT2D eigenvalue weighted by molar-refractivity contribution is 0.0927. The molecular formula is C12H13N3O2S. The Labute approximate surface area is 109 Å². The summed E-state index contributed by atoms with van der Waals surface area (Å²) in [7, 11) is 0. The summed E-state index contributed by atoms with van der Waals surface area (Å²) in [5.41, 5.74) is 0.0347. The number of nitrogens with zero attached hydrogens (tertiary/aromatic N) is 2. The number of rotatable bonds is 4. The van der Waals surface area contributed by atoms with E-state index in [0.717, 1.165) is 11.4 Å². The molecule has 0 spiro atoms. The van der Waals surface area contributed by atoms with Crippen molar-refractivity contribution in [1.82, 2.24) is 15.3 Å². The lowest BCUT2D eigenvalue weighted by Gasteiger charge is -2.14. The van der Waals surface area contributed by atoms with Gasteiger partial charge >= 0.3 is 0 Å². The van der Waals surface area contributed by atoms with E-state index >= 15 is 0 Å². The zero-order chi connectivity index (χ0) is 13.0. The molecule has 1 unspecified atom stereocenters. The van der Waals surface area contributed by atoms with Crippen molar-refractivity contribution in [2.75, 3.05) is 0 Å². The van der Waals surface area contributed by atoms with Crippen LogP contribution in [0.1, 0.15) is 34.9 Å². The van der Waals surface area contributed by atoms with E-state index in [1.165, 1.54) is 23.6 Å². The van der Waals surface area contributed by atoms with E-state index in [0.29, 0.717) is 0 Å². The number of amides is 1. The Hall–Kier alpha value is -1.95. The van der Waals surface area contributed by atoms with Gasteiger partial charge in [0.05, 0.1) is 6.04 Å². The van der Waals surface area contributed by atoms with Crippen LogP contribution in [0, 0.1) is 0 Å². The summed E-state index contributed by atoms with van der Waals surface area (Å²) in [5, 5.41) is 15.1. The third-order valence-electron chi connectivity index (χ3n) is 2.46. The molecule has 0 fully saturated rings. The van der Waals surface area contributed by atoms with Crippen LogP contribution in [0.2, 0.25) is 0 Å². The molecule has 2 heterocycles. The molecule has 0 aliphatic heterocycles. The highest BCUT2D eigenvalue weighted by Gasteiger charge is 2.18. The predicted octanol–water partition coefficient (Wildman–Crippen LogP) is 2.12. The minimum Gasteiger partial charge on any atom is -0.505 e. The highest BCUT2D eigenvalue weighted by atomic mass is 32.1. The van der Waals surface area contributed by atoms with Gasteiger partial charge in [0.2, 0.25) is 0 Å². The van der Waals surface area contributed by atoms with Crippen molar-refractivity contribution >= 4 is 17.2 Å². The van der Waals surface area contributed by atoms with Gasteiger partial charge in [-0.05, 0) is 18.6 Å². The summed E-state index contributed by atoms with van der Waals surface area (Å²) in [6.45, 7) is 1.96. The van der Waals surface area contributed by atoms with E-state index in [-0.39, 0.29) is 17.5 Å². The molecule has 2 aromatic rings. The Morgan fingerprint density at radius 2 is 2.33 bits per heavy atom. The smallest absolute Gasteiger partial charge is 0.274 e. The first-order valence-corrected chi connectivity index (χ1v) is 6.44. The highest BCUT2D eigenvalue weighted by molar-refractivity contribution is 7.09. The molecule has 0 aliphatic rings. The Balaban J connectivity index is 2.14. The van der Waals surface area contributed by atoms with Crippen molar-refractivity contribution < 1.29 is 9.90 Å². The minimum absolute atomic E-state index is 0.0347. The van der Waals surface area contributed by atoms with Gasteiger partial charge in [-0.15, -0.1) is 11.3 Å². The molecule has 0 aliphatic carbocycles. The van der Waals surface area contributed by atoms with Gasteiger partial charge in [-0.2, -0.15) is 0 Å². The van der Waals surface area contributed by atoms with Gasteiger partial charge in [-0.3, -0.25) is 4.79 Å². The maximum atomic E-state index is 12.0. The Morgan fingerprint density at radius 1 is 1.50 bits per heavy atom. The van der Waals surface area contributed by atoms with Crippen molar-refractivity contribution in [2.45, 2.75) is 19.4 Å². The summed E-state index contributed by atoms with van der Waals surface area (Å²) in [6.07, 6.45) is 3.90. The van der Waals surface area contributed by atoms with E-state index in [1.807, 2.05) is 12.3 Å². The van der Waals surface area contributed by atoms with Crippen molar-refractivity contribution in [3.8, 4) is 5.75 Å². The van der Waals surface area contributed by atoms with Crippen molar-refractivity contribution in [1.29, 1.82) is 0 Å². The Bertz CT molecular complexity index is 528. The van der Waals surface area contributed by atoms with Crippen LogP contribution in [0.3, 0.4) is 0 Å². The highest BCUT2D eigenvalue weighted by Crippen LogP contribution is 2.20. The van der Waals surface area contributed by atoms with E-state index in [9.17, 15) is 9.90 Å². The van der Waals surface area contributed by atoms with Crippen molar-refractivity contribution in [3.63, 3.8) is 0 Å². The number of nitrogens with one attached hydrogen (secondary N) is 1. The van der Waals surface area contributed by atoms with Gasteiger partial charge in [-0.25, -0.2) is 9.97 Å². The SMILES string of the molecule is CCC(NC(=O)c1ncccc1O)c1nccs1. The fraction of sp³-hybridized carbons (Fsp3) is 0.250. The van der Waals surface area contributed by atoms with E-state index < -0.39 is 5.91 Å². The Morgan fingerprint density at radius 3 is 2.94 bits per heavy atom. The van der Waals surface area contributed by atoms with Crippen molar-refractivity contribution in [3.05, 3.63) is 40.6 Å². The first kappa shape index (κ1) is 12.5. The van der Waals surface area contributed by atoms with Crippen molar-refractivity contribution in [2.24, 2.45) is 0 Å². The fourth-order valence-corrected chi connectivity index (χ4v) is 2.32. The molecule has 0 radical (unpaired) electrons. The molecule has 6 heteroatoms. The molecule has 0 aromatic carbocycles. The number of aromatic nitrogens is 2. The van der Waals surface area contributed by atoms with E-state index in [4.69, 9.17) is 0 Å². The fourth-order valence-electron chi connectivity index (χ4n) is 1.54. The van der Waals surface area contributed by atoms with Crippen LogP contribution in [-0.4, -0.2) is 21.0 Å². The third kappa shape index (κ3) is 2.65. The summed E-state index contributed by atoms with van der Waals surface area (Å²) in [6, 6.07) is 2.86. The molecular weight excluding hydrogens is 250 g/mol. The maximum absolute atomic E-state index is 12.0. The van der Waals surface area contributed by atoms with E-state index in [2.05, 4.69) is 15.3 Å². The van der Waals surface area contributed by atoms with Crippen LogP contribution in [0.15, 0.2) is 29.9 Å². The zero-order valence-electron chi connectivity index (χ0n) is 9.83. The summed E-state index contributed by atoms with van der Waals surface area (Å²) >= 11 is 1.49. The van der Waals surface area contributed by atoms with Crippen LogP contribution >= 0.6 is 11.3 Å². The molecule has 2 aromatic heterocycles. The summed E-state index contributed by atoms with van der Waals surface area (Å²) in [5.74, 6) is -0.515. The first-order chi connectivity index (χ1) is 8.72. The third-order valence-corrected chi connectivity index (χ3v) is 3.35. The van der Waals surface area contributed by atoms with Gasteiger partial charge in [0.1, 0.15) is 10.8 Å². The zero-order valence-corrected chi connectivity index (χ0v) is 10.6. The van der Waals surface area contributed by atoms with Gasteiger partial charge in [0.25, 0.3) is 5.91 Å². The van der Waals surface area contributed by atoms with Crippen LogP contribution in [0.5, 0.6) is 5.75 Å². The molecule has 1 amide bonds. The van der Waals surface area contributed by atoms with Gasteiger partial charge in [0, 0.05) is 17.8 Å². The molecule has 5 nitrogen and oxygen atoms in total. The molecule has 2 N–H and O–H groups in total. The number of thiazole rings is 1. The standard InChI is InChI=1S/C12H13N3O2S/c1-2-8(12-14-6-7-18-12)15-11(17)10-9(16)4-3-5-13-10/h3-8,16H,2H2,1H3,(H,15,17). The topological polar surface area (TPSA) is 75.1 Å². The van der Waals surface area contributed by atoms with Crippen LogP contribution in [0.25, 0.3) is 0 Å². The molecule has 94 valence electrons. The summed E-state index contributed by atoms with van der Waals surface area (Å²) in [4.78, 5) is 20.0. The lowest BCUT2D eigenvalue weighted by Crippen LogP contribution is -2.28. The average molecular weight is 263 g/mol. The average Bonchev–Trinajstić information content (AvgIpc) is 2.90. The predicted molar refractivity (Wildman–Crippen MR) is 68.5 cm³/mol. The monoisotopic (exact) mass is 263 g/mol. The van der Waals surface area contributed by atoms with Gasteiger partial charge < -0.3 is 10.4 Å². The largest absolute Gasteiger partial charge is 0.505 e. The number of hydrogen-bond acceptors (Lipinski definition) is 5. The second kappa shape index (κ2) is 5.59. The van der Waals surface area contributed by atoms with E-state index in [1.54, 1.807) is 12.3 Å².